The normalized spacial score (nSPS) is 32.8. The third-order valence-electron chi connectivity index (χ3n) is 6.16. The van der Waals surface area contributed by atoms with Crippen molar-refractivity contribution in [2.75, 3.05) is 20.6 Å². The average Bonchev–Trinajstić information content (AvgIpc) is 2.48. The van der Waals surface area contributed by atoms with Crippen molar-refractivity contribution in [1.82, 2.24) is 10.2 Å². The van der Waals surface area contributed by atoms with Gasteiger partial charge in [0.1, 0.15) is 0 Å². The average molecular weight is 323 g/mol. The lowest BCUT2D eigenvalue weighted by Crippen LogP contribution is -2.48. The van der Waals surface area contributed by atoms with Crippen LogP contribution in [0.2, 0.25) is 0 Å². The van der Waals surface area contributed by atoms with Crippen molar-refractivity contribution in [1.29, 1.82) is 0 Å². The van der Waals surface area contributed by atoms with Gasteiger partial charge in [-0.1, -0.05) is 33.6 Å². The number of amides is 1. The van der Waals surface area contributed by atoms with Crippen molar-refractivity contribution in [3.63, 3.8) is 0 Å². The van der Waals surface area contributed by atoms with E-state index >= 15 is 0 Å². The molecule has 0 aromatic heterocycles. The molecule has 2 fully saturated rings. The third-order valence-corrected chi connectivity index (χ3v) is 6.16. The Kier molecular flexibility index (Phi) is 6.53. The van der Waals surface area contributed by atoms with Gasteiger partial charge in [0.25, 0.3) is 0 Å². The highest BCUT2D eigenvalue weighted by atomic mass is 16.1. The Labute approximate surface area is 143 Å². The molecule has 1 amide bonds. The smallest absolute Gasteiger partial charge is 0.223 e. The summed E-state index contributed by atoms with van der Waals surface area (Å²) in [4.78, 5) is 15.0. The maximum Gasteiger partial charge on any atom is 0.223 e. The van der Waals surface area contributed by atoms with Crippen LogP contribution in [0.15, 0.2) is 0 Å². The lowest BCUT2D eigenvalue weighted by Gasteiger charge is -2.38. The molecular weight excluding hydrogens is 284 g/mol. The van der Waals surface area contributed by atoms with Crippen LogP contribution >= 0.6 is 0 Å². The summed E-state index contributed by atoms with van der Waals surface area (Å²) in [5, 5.41) is 3.43. The van der Waals surface area contributed by atoms with Gasteiger partial charge in [-0.15, -0.1) is 0 Å². The number of nitrogens with one attached hydrogen (secondary N) is 1. The van der Waals surface area contributed by atoms with Gasteiger partial charge in [0.2, 0.25) is 5.91 Å². The molecule has 2 atom stereocenters. The van der Waals surface area contributed by atoms with Crippen molar-refractivity contribution in [3.8, 4) is 0 Å². The van der Waals surface area contributed by atoms with Gasteiger partial charge in [0.15, 0.2) is 0 Å². The third kappa shape index (κ3) is 5.48. The van der Waals surface area contributed by atoms with Crippen LogP contribution in [0, 0.1) is 23.2 Å². The van der Waals surface area contributed by atoms with Crippen LogP contribution in [0.25, 0.3) is 0 Å². The molecule has 0 bridgehead atoms. The topological polar surface area (TPSA) is 32.3 Å². The molecule has 1 N–H and O–H groups in total. The second-order valence-electron chi connectivity index (χ2n) is 9.34. The number of hydrogen-bond acceptors (Lipinski definition) is 2. The molecule has 0 saturated heterocycles. The van der Waals surface area contributed by atoms with Crippen LogP contribution in [0.1, 0.15) is 72.1 Å². The van der Waals surface area contributed by atoms with E-state index in [0.29, 0.717) is 23.3 Å². The molecule has 0 aromatic carbocycles. The number of nitrogens with zero attached hydrogens (tertiary/aromatic N) is 1. The Bertz CT molecular complexity index is 378. The molecule has 3 heteroatoms. The zero-order valence-electron chi connectivity index (χ0n) is 16.0. The molecule has 0 aliphatic heterocycles. The Morgan fingerprint density at radius 2 is 1.61 bits per heavy atom. The van der Waals surface area contributed by atoms with Gasteiger partial charge in [0.05, 0.1) is 0 Å². The van der Waals surface area contributed by atoms with E-state index < -0.39 is 0 Å². The quantitative estimate of drug-likeness (QED) is 0.846. The van der Waals surface area contributed by atoms with Gasteiger partial charge < -0.3 is 10.2 Å². The van der Waals surface area contributed by atoms with Gasteiger partial charge in [-0.2, -0.15) is 0 Å². The summed E-state index contributed by atoms with van der Waals surface area (Å²) in [6, 6.07) is 0.402. The highest BCUT2D eigenvalue weighted by Crippen LogP contribution is 2.40. The second-order valence-corrected chi connectivity index (χ2v) is 9.34. The number of rotatable bonds is 4. The van der Waals surface area contributed by atoms with Crippen LogP contribution in [-0.2, 0) is 4.79 Å². The van der Waals surface area contributed by atoms with E-state index in [1.54, 1.807) is 0 Å². The van der Waals surface area contributed by atoms with Gasteiger partial charge >= 0.3 is 0 Å². The summed E-state index contributed by atoms with van der Waals surface area (Å²) in [6.45, 7) is 8.12. The number of carbonyl (C=O) groups excluding carboxylic acids is 1. The molecule has 0 heterocycles. The van der Waals surface area contributed by atoms with E-state index in [2.05, 4.69) is 45.1 Å². The van der Waals surface area contributed by atoms with E-state index in [1.807, 2.05) is 0 Å². The van der Waals surface area contributed by atoms with Gasteiger partial charge in [-0.05, 0) is 69.9 Å². The molecule has 2 aliphatic rings. The lowest BCUT2D eigenvalue weighted by molar-refractivity contribution is -0.128. The molecule has 0 radical (unpaired) electrons. The van der Waals surface area contributed by atoms with Crippen LogP contribution in [0.4, 0.5) is 0 Å². The van der Waals surface area contributed by atoms with E-state index in [-0.39, 0.29) is 5.92 Å². The van der Waals surface area contributed by atoms with Crippen molar-refractivity contribution in [2.45, 2.75) is 78.2 Å². The maximum atomic E-state index is 12.7. The summed E-state index contributed by atoms with van der Waals surface area (Å²) in [5.74, 6) is 2.01. The Hall–Kier alpha value is -0.570. The minimum absolute atomic E-state index is 0.260. The molecular formula is C20H38N2O. The van der Waals surface area contributed by atoms with E-state index in [4.69, 9.17) is 0 Å². The summed E-state index contributed by atoms with van der Waals surface area (Å²) in [5.41, 5.74) is 0.390. The first kappa shape index (κ1) is 18.8. The van der Waals surface area contributed by atoms with E-state index in [9.17, 15) is 4.79 Å². The highest BCUT2D eigenvalue weighted by Gasteiger charge is 2.34. The minimum Gasteiger partial charge on any atom is -0.353 e. The van der Waals surface area contributed by atoms with Gasteiger partial charge in [0, 0.05) is 18.5 Å². The van der Waals surface area contributed by atoms with E-state index in [0.717, 1.165) is 25.3 Å². The molecule has 2 saturated carbocycles. The van der Waals surface area contributed by atoms with Crippen LogP contribution in [0.5, 0.6) is 0 Å². The Morgan fingerprint density at radius 3 is 2.17 bits per heavy atom. The number of hydrogen-bond donors (Lipinski definition) is 1. The predicted octanol–water partition coefficient (Wildman–Crippen LogP) is 4.08. The summed E-state index contributed by atoms with van der Waals surface area (Å²) < 4.78 is 0. The molecule has 0 aromatic rings. The molecule has 134 valence electrons. The highest BCUT2D eigenvalue weighted by molar-refractivity contribution is 5.79. The van der Waals surface area contributed by atoms with Crippen molar-refractivity contribution in [2.24, 2.45) is 23.2 Å². The first-order valence-corrected chi connectivity index (χ1v) is 9.72. The zero-order chi connectivity index (χ0) is 17.0. The molecule has 2 rings (SSSR count). The monoisotopic (exact) mass is 322 g/mol. The summed E-state index contributed by atoms with van der Waals surface area (Å²) in [7, 11) is 4.28. The predicted molar refractivity (Wildman–Crippen MR) is 97.3 cm³/mol. The first-order chi connectivity index (χ1) is 10.8. The van der Waals surface area contributed by atoms with Gasteiger partial charge in [-0.25, -0.2) is 0 Å². The van der Waals surface area contributed by atoms with Gasteiger partial charge in [-0.3, -0.25) is 4.79 Å². The fourth-order valence-corrected chi connectivity index (χ4v) is 4.61. The lowest BCUT2D eigenvalue weighted by atomic mass is 9.69. The molecule has 23 heavy (non-hydrogen) atoms. The largest absolute Gasteiger partial charge is 0.353 e. The van der Waals surface area contributed by atoms with Crippen molar-refractivity contribution >= 4 is 5.91 Å². The van der Waals surface area contributed by atoms with Crippen LogP contribution in [0.3, 0.4) is 0 Å². The molecule has 0 spiro atoms. The van der Waals surface area contributed by atoms with Crippen molar-refractivity contribution in [3.05, 3.63) is 0 Å². The number of carbonyl (C=O) groups is 1. The molecule has 2 aliphatic carbocycles. The summed E-state index contributed by atoms with van der Waals surface area (Å²) >= 11 is 0. The van der Waals surface area contributed by atoms with Crippen LogP contribution < -0.4 is 5.32 Å². The Balaban J connectivity index is 1.84. The second kappa shape index (κ2) is 8.00. The fourth-order valence-electron chi connectivity index (χ4n) is 4.61. The van der Waals surface area contributed by atoms with E-state index in [1.165, 1.54) is 38.5 Å². The standard InChI is InChI=1S/C20H38N2O/c1-20(2,3)17-12-10-15(11-13-17)19(23)21-18-9-7-6-8-16(18)14-22(4)5/h15-18H,6-14H2,1-5H3,(H,21,23). The Morgan fingerprint density at radius 1 is 1.00 bits per heavy atom. The SMILES string of the molecule is CN(C)CC1CCCCC1NC(=O)C1CCC(C(C)(C)C)CC1. The van der Waals surface area contributed by atoms with Crippen LogP contribution in [-0.4, -0.2) is 37.5 Å². The zero-order valence-corrected chi connectivity index (χ0v) is 16.0. The molecule has 3 nitrogen and oxygen atoms in total. The fraction of sp³-hybridized carbons (Fsp3) is 0.950. The summed E-state index contributed by atoms with van der Waals surface area (Å²) in [6.07, 6.45) is 9.62. The minimum atomic E-state index is 0.260. The maximum absolute atomic E-state index is 12.7. The molecule has 2 unspecified atom stereocenters. The first-order valence-electron chi connectivity index (χ1n) is 9.72. The van der Waals surface area contributed by atoms with Crippen molar-refractivity contribution < 1.29 is 4.79 Å².